The molecule has 0 aromatic carbocycles. The zero-order valence-corrected chi connectivity index (χ0v) is 9.48. The minimum Gasteiger partial charge on any atom is -0.464 e. The number of hydrogen-bond acceptors (Lipinski definition) is 4. The van der Waals surface area contributed by atoms with Crippen LogP contribution in [-0.2, 0) is 4.74 Å². The molecule has 0 atom stereocenters. The highest BCUT2D eigenvalue weighted by Gasteiger charge is 2.13. The Hall–Kier alpha value is -1.56. The zero-order chi connectivity index (χ0) is 11.0. The first-order valence-electron chi connectivity index (χ1n) is 4.14. The maximum Gasteiger partial charge on any atom is 0.356 e. The normalized spacial score (nSPS) is 10.5. The molecule has 2 heterocycles. The van der Waals surface area contributed by atoms with Gasteiger partial charge in [0.15, 0.2) is 11.3 Å². The van der Waals surface area contributed by atoms with Crippen molar-refractivity contribution in [2.75, 3.05) is 12.8 Å². The van der Waals surface area contributed by atoms with Gasteiger partial charge in [-0.1, -0.05) is 0 Å². The van der Waals surface area contributed by atoms with E-state index in [0.29, 0.717) is 17.0 Å². The predicted octanol–water partition coefficient (Wildman–Crippen LogP) is 1.47. The van der Waals surface area contributed by atoms with Crippen molar-refractivity contribution in [3.63, 3.8) is 0 Å². The smallest absolute Gasteiger partial charge is 0.356 e. The molecular weight excluding hydrogens is 262 g/mol. The van der Waals surface area contributed by atoms with E-state index in [2.05, 4.69) is 25.7 Å². The summed E-state index contributed by atoms with van der Waals surface area (Å²) in [6.45, 7) is 0. The Kier molecular flexibility index (Phi) is 2.36. The van der Waals surface area contributed by atoms with Crippen LogP contribution < -0.4 is 5.73 Å². The molecule has 0 aliphatic carbocycles. The molecule has 0 spiro atoms. The summed E-state index contributed by atoms with van der Waals surface area (Å²) in [4.78, 5) is 15.5. The number of pyridine rings is 1. The Balaban J connectivity index is 2.74. The highest BCUT2D eigenvalue weighted by Crippen LogP contribution is 2.21. The van der Waals surface area contributed by atoms with Crippen molar-refractivity contribution in [2.45, 2.75) is 0 Å². The van der Waals surface area contributed by atoms with Gasteiger partial charge in [0.05, 0.1) is 17.8 Å². The first-order chi connectivity index (χ1) is 7.13. The molecule has 0 bridgehead atoms. The molecule has 2 rings (SSSR count). The quantitative estimate of drug-likeness (QED) is 0.796. The SMILES string of the molecule is COC(=O)c1cnc2c(Br)cc(N)cn12. The van der Waals surface area contributed by atoms with Crippen molar-refractivity contribution in [2.24, 2.45) is 0 Å². The van der Waals surface area contributed by atoms with E-state index in [4.69, 9.17) is 5.73 Å². The van der Waals surface area contributed by atoms with Crippen LogP contribution in [0.5, 0.6) is 0 Å². The van der Waals surface area contributed by atoms with E-state index < -0.39 is 5.97 Å². The first-order valence-corrected chi connectivity index (χ1v) is 4.93. The topological polar surface area (TPSA) is 69.6 Å². The minimum absolute atomic E-state index is 0.348. The zero-order valence-electron chi connectivity index (χ0n) is 7.90. The molecular formula is C9H8BrN3O2. The molecule has 6 heteroatoms. The highest BCUT2D eigenvalue weighted by atomic mass is 79.9. The molecule has 78 valence electrons. The van der Waals surface area contributed by atoms with Gasteiger partial charge in [0, 0.05) is 11.9 Å². The van der Waals surface area contributed by atoms with E-state index in [0.717, 1.165) is 4.47 Å². The average Bonchev–Trinajstić information content (AvgIpc) is 2.60. The molecule has 0 saturated heterocycles. The Morgan fingerprint density at radius 2 is 2.40 bits per heavy atom. The number of anilines is 1. The van der Waals surface area contributed by atoms with Gasteiger partial charge >= 0.3 is 5.97 Å². The fourth-order valence-electron chi connectivity index (χ4n) is 1.32. The number of halogens is 1. The van der Waals surface area contributed by atoms with Gasteiger partial charge in [-0.3, -0.25) is 4.40 Å². The van der Waals surface area contributed by atoms with Gasteiger partial charge in [0.25, 0.3) is 0 Å². The van der Waals surface area contributed by atoms with Gasteiger partial charge < -0.3 is 10.5 Å². The largest absolute Gasteiger partial charge is 0.464 e. The van der Waals surface area contributed by atoms with E-state index in [-0.39, 0.29) is 0 Å². The van der Waals surface area contributed by atoms with E-state index in [9.17, 15) is 4.79 Å². The van der Waals surface area contributed by atoms with Gasteiger partial charge in [0.1, 0.15) is 0 Å². The minimum atomic E-state index is -0.444. The van der Waals surface area contributed by atoms with Crippen LogP contribution in [0.2, 0.25) is 0 Å². The second-order valence-electron chi connectivity index (χ2n) is 2.95. The number of methoxy groups -OCH3 is 1. The number of nitrogens with two attached hydrogens (primary N) is 1. The van der Waals surface area contributed by atoms with Crippen LogP contribution in [-0.4, -0.2) is 22.5 Å². The van der Waals surface area contributed by atoms with Gasteiger partial charge in [-0.25, -0.2) is 9.78 Å². The summed E-state index contributed by atoms with van der Waals surface area (Å²) in [5.74, 6) is -0.444. The standard InChI is InChI=1S/C9H8BrN3O2/c1-15-9(14)7-3-12-8-6(10)2-5(11)4-13(7)8/h2-4H,11H2,1H3. The average molecular weight is 270 g/mol. The summed E-state index contributed by atoms with van der Waals surface area (Å²) >= 11 is 3.32. The summed E-state index contributed by atoms with van der Waals surface area (Å²) in [5.41, 5.74) is 7.18. The molecule has 2 aromatic rings. The van der Waals surface area contributed by atoms with Crippen LogP contribution in [0, 0.1) is 0 Å². The van der Waals surface area contributed by atoms with Crippen molar-refractivity contribution in [1.82, 2.24) is 9.38 Å². The number of nitrogen functional groups attached to an aromatic ring is 1. The summed E-state index contributed by atoms with van der Waals surface area (Å²) in [6, 6.07) is 1.73. The number of esters is 1. The van der Waals surface area contributed by atoms with Gasteiger partial charge in [-0.15, -0.1) is 0 Å². The molecule has 15 heavy (non-hydrogen) atoms. The number of carbonyl (C=O) groups is 1. The number of aromatic nitrogens is 2. The predicted molar refractivity (Wildman–Crippen MR) is 58.6 cm³/mol. The third-order valence-corrected chi connectivity index (χ3v) is 2.56. The van der Waals surface area contributed by atoms with Crippen molar-refractivity contribution in [1.29, 1.82) is 0 Å². The molecule has 0 aliphatic heterocycles. The number of carbonyl (C=O) groups excluding carboxylic acids is 1. The van der Waals surface area contributed by atoms with Crippen LogP contribution in [0.15, 0.2) is 22.9 Å². The van der Waals surface area contributed by atoms with E-state index >= 15 is 0 Å². The lowest BCUT2D eigenvalue weighted by molar-refractivity contribution is 0.0593. The third-order valence-electron chi connectivity index (χ3n) is 1.98. The fraction of sp³-hybridized carbons (Fsp3) is 0.111. The summed E-state index contributed by atoms with van der Waals surface area (Å²) in [6.07, 6.45) is 3.07. The van der Waals surface area contributed by atoms with Gasteiger partial charge in [-0.05, 0) is 22.0 Å². The molecule has 0 amide bonds. The molecule has 0 aliphatic rings. The maximum absolute atomic E-state index is 11.4. The number of nitrogens with zero attached hydrogens (tertiary/aromatic N) is 2. The third kappa shape index (κ3) is 1.56. The molecule has 0 saturated carbocycles. The Morgan fingerprint density at radius 3 is 3.07 bits per heavy atom. The van der Waals surface area contributed by atoms with Crippen molar-refractivity contribution >= 4 is 33.2 Å². The van der Waals surface area contributed by atoms with Crippen molar-refractivity contribution < 1.29 is 9.53 Å². The molecule has 5 nitrogen and oxygen atoms in total. The monoisotopic (exact) mass is 269 g/mol. The van der Waals surface area contributed by atoms with Crippen molar-refractivity contribution in [3.05, 3.63) is 28.6 Å². The Labute approximate surface area is 94.0 Å². The number of ether oxygens (including phenoxy) is 1. The fourth-order valence-corrected chi connectivity index (χ4v) is 1.88. The van der Waals surface area contributed by atoms with Crippen molar-refractivity contribution in [3.8, 4) is 0 Å². The van der Waals surface area contributed by atoms with Crippen LogP contribution in [0.1, 0.15) is 10.5 Å². The van der Waals surface area contributed by atoms with E-state index in [1.54, 1.807) is 16.7 Å². The van der Waals surface area contributed by atoms with E-state index in [1.165, 1.54) is 13.3 Å². The molecule has 0 radical (unpaired) electrons. The number of rotatable bonds is 1. The van der Waals surface area contributed by atoms with Crippen LogP contribution in [0.25, 0.3) is 5.65 Å². The highest BCUT2D eigenvalue weighted by molar-refractivity contribution is 9.10. The molecule has 2 N–H and O–H groups in total. The van der Waals surface area contributed by atoms with Gasteiger partial charge in [0.2, 0.25) is 0 Å². The Bertz CT molecular complexity index is 535. The second-order valence-corrected chi connectivity index (χ2v) is 3.80. The summed E-state index contributed by atoms with van der Waals surface area (Å²) in [5, 5.41) is 0. The lowest BCUT2D eigenvalue weighted by Crippen LogP contribution is -2.05. The second kappa shape index (κ2) is 3.54. The number of imidazole rings is 1. The number of fused-ring (bicyclic) bond motifs is 1. The lowest BCUT2D eigenvalue weighted by Gasteiger charge is -2.02. The summed E-state index contributed by atoms with van der Waals surface area (Å²) in [7, 11) is 1.32. The van der Waals surface area contributed by atoms with Crippen LogP contribution >= 0.6 is 15.9 Å². The van der Waals surface area contributed by atoms with E-state index in [1.807, 2.05) is 0 Å². The maximum atomic E-state index is 11.4. The molecule has 2 aromatic heterocycles. The van der Waals surface area contributed by atoms with Crippen LogP contribution in [0.4, 0.5) is 5.69 Å². The van der Waals surface area contributed by atoms with Crippen LogP contribution in [0.3, 0.4) is 0 Å². The first kappa shape index (κ1) is 9.97. The van der Waals surface area contributed by atoms with Gasteiger partial charge in [-0.2, -0.15) is 0 Å². The lowest BCUT2D eigenvalue weighted by atomic mass is 10.4. The summed E-state index contributed by atoms with van der Waals surface area (Å²) < 4.78 is 6.95. The molecule has 0 unspecified atom stereocenters. The number of hydrogen-bond donors (Lipinski definition) is 1. The Morgan fingerprint density at radius 1 is 1.67 bits per heavy atom. The molecule has 0 fully saturated rings.